The summed E-state index contributed by atoms with van der Waals surface area (Å²) in [5, 5.41) is 2.08. The molecule has 0 unspecified atom stereocenters. The maximum Gasteiger partial charge on any atom is 0.416 e. The first-order valence-electron chi connectivity index (χ1n) is 9.78. The Balaban J connectivity index is 1.83. The van der Waals surface area contributed by atoms with Gasteiger partial charge in [0.2, 0.25) is 0 Å². The predicted octanol–water partition coefficient (Wildman–Crippen LogP) is 5.02. The van der Waals surface area contributed by atoms with Crippen LogP contribution in [0.15, 0.2) is 29.6 Å². The van der Waals surface area contributed by atoms with Gasteiger partial charge in [-0.25, -0.2) is 4.98 Å². The van der Waals surface area contributed by atoms with Crippen LogP contribution < -0.4 is 0 Å². The molecule has 0 atom stereocenters. The molecule has 1 fully saturated rings. The number of thiazole rings is 1. The lowest BCUT2D eigenvalue weighted by Gasteiger charge is -2.38. The SMILES string of the molecule is CC(C)CN(C(=O)c1csc(-c2cccc(C(F)(F)F)c2)n1)C1CCN(C)CC1. The minimum absolute atomic E-state index is 0.136. The molecule has 1 aliphatic rings. The standard InChI is InChI=1S/C21H26F3N3OS/c1-14(2)12-27(17-7-9-26(3)10-8-17)20(28)18-13-29-19(25-18)15-5-4-6-16(11-15)21(22,23)24/h4-6,11,13-14,17H,7-10,12H2,1-3H3. The van der Waals surface area contributed by atoms with E-state index in [4.69, 9.17) is 0 Å². The predicted molar refractivity (Wildman–Crippen MR) is 109 cm³/mol. The van der Waals surface area contributed by atoms with Gasteiger partial charge in [-0.2, -0.15) is 13.2 Å². The number of aromatic nitrogens is 1. The summed E-state index contributed by atoms with van der Waals surface area (Å²) >= 11 is 1.20. The number of amides is 1. The molecule has 2 aromatic rings. The molecule has 29 heavy (non-hydrogen) atoms. The van der Waals surface area contributed by atoms with E-state index in [1.54, 1.807) is 11.4 Å². The zero-order valence-electron chi connectivity index (χ0n) is 16.9. The van der Waals surface area contributed by atoms with Crippen LogP contribution in [0.2, 0.25) is 0 Å². The van der Waals surface area contributed by atoms with Crippen LogP contribution in [0.4, 0.5) is 13.2 Å². The number of hydrogen-bond donors (Lipinski definition) is 0. The third-order valence-electron chi connectivity index (χ3n) is 5.11. The van der Waals surface area contributed by atoms with Crippen molar-refractivity contribution in [2.45, 2.75) is 38.9 Å². The zero-order chi connectivity index (χ0) is 21.2. The Bertz CT molecular complexity index is 842. The third-order valence-corrected chi connectivity index (χ3v) is 6.00. The number of piperidine rings is 1. The maximum absolute atomic E-state index is 13.2. The average Bonchev–Trinajstić information content (AvgIpc) is 3.16. The molecule has 1 aliphatic heterocycles. The van der Waals surface area contributed by atoms with Crippen LogP contribution in [-0.2, 0) is 6.18 Å². The van der Waals surface area contributed by atoms with Gasteiger partial charge in [0.1, 0.15) is 10.7 Å². The second kappa shape index (κ2) is 8.83. The van der Waals surface area contributed by atoms with E-state index >= 15 is 0 Å². The molecule has 1 amide bonds. The second-order valence-corrected chi connectivity index (χ2v) is 8.86. The number of benzene rings is 1. The van der Waals surface area contributed by atoms with Crippen LogP contribution in [0.25, 0.3) is 10.6 Å². The largest absolute Gasteiger partial charge is 0.416 e. The molecule has 0 radical (unpaired) electrons. The fourth-order valence-corrected chi connectivity index (χ4v) is 4.37. The lowest BCUT2D eigenvalue weighted by atomic mass is 10.0. The van der Waals surface area contributed by atoms with Crippen molar-refractivity contribution in [1.29, 1.82) is 0 Å². The first kappa shape index (κ1) is 21.8. The van der Waals surface area contributed by atoms with Gasteiger partial charge in [-0.05, 0) is 51.0 Å². The van der Waals surface area contributed by atoms with E-state index in [0.29, 0.717) is 28.7 Å². The van der Waals surface area contributed by atoms with Gasteiger partial charge in [0, 0.05) is 23.5 Å². The van der Waals surface area contributed by atoms with Crippen LogP contribution in [0.1, 0.15) is 42.7 Å². The van der Waals surface area contributed by atoms with E-state index in [1.165, 1.54) is 17.4 Å². The normalized spacial score (nSPS) is 16.4. The molecule has 2 heterocycles. The first-order chi connectivity index (χ1) is 13.6. The van der Waals surface area contributed by atoms with Gasteiger partial charge >= 0.3 is 6.18 Å². The van der Waals surface area contributed by atoms with E-state index in [9.17, 15) is 18.0 Å². The summed E-state index contributed by atoms with van der Waals surface area (Å²) in [6.45, 7) is 6.68. The Morgan fingerprint density at radius 3 is 2.62 bits per heavy atom. The molecular formula is C21H26F3N3OS. The number of alkyl halides is 3. The zero-order valence-corrected chi connectivity index (χ0v) is 17.7. The number of hydrogen-bond acceptors (Lipinski definition) is 4. The molecule has 0 aliphatic carbocycles. The summed E-state index contributed by atoms with van der Waals surface area (Å²) in [4.78, 5) is 21.8. The van der Waals surface area contributed by atoms with Crippen molar-refractivity contribution in [1.82, 2.24) is 14.8 Å². The summed E-state index contributed by atoms with van der Waals surface area (Å²) in [5.74, 6) is 0.183. The monoisotopic (exact) mass is 425 g/mol. The molecule has 3 rings (SSSR count). The molecule has 0 N–H and O–H groups in total. The van der Waals surface area contributed by atoms with Crippen LogP contribution in [0.5, 0.6) is 0 Å². The molecular weight excluding hydrogens is 399 g/mol. The van der Waals surface area contributed by atoms with Crippen molar-refractivity contribution in [3.05, 3.63) is 40.9 Å². The second-order valence-electron chi connectivity index (χ2n) is 8.00. The van der Waals surface area contributed by atoms with E-state index in [-0.39, 0.29) is 11.9 Å². The first-order valence-corrected chi connectivity index (χ1v) is 10.7. The van der Waals surface area contributed by atoms with Crippen molar-refractivity contribution in [2.24, 2.45) is 5.92 Å². The Hall–Kier alpha value is -1.93. The molecule has 1 aromatic heterocycles. The molecule has 8 heteroatoms. The van der Waals surface area contributed by atoms with E-state index < -0.39 is 11.7 Å². The number of carbonyl (C=O) groups is 1. The molecule has 4 nitrogen and oxygen atoms in total. The van der Waals surface area contributed by atoms with Crippen molar-refractivity contribution < 1.29 is 18.0 Å². The van der Waals surface area contributed by atoms with Gasteiger partial charge < -0.3 is 9.80 Å². The van der Waals surface area contributed by atoms with Crippen LogP contribution in [-0.4, -0.2) is 53.4 Å². The van der Waals surface area contributed by atoms with Crippen LogP contribution in [0, 0.1) is 5.92 Å². The summed E-state index contributed by atoms with van der Waals surface area (Å²) in [5.41, 5.74) is -0.0357. The van der Waals surface area contributed by atoms with Gasteiger partial charge in [-0.1, -0.05) is 26.0 Å². The highest BCUT2D eigenvalue weighted by Crippen LogP contribution is 2.33. The molecule has 0 spiro atoms. The minimum Gasteiger partial charge on any atom is -0.334 e. The van der Waals surface area contributed by atoms with Gasteiger partial charge in [0.15, 0.2) is 0 Å². The number of carbonyl (C=O) groups excluding carboxylic acids is 1. The smallest absolute Gasteiger partial charge is 0.334 e. The number of nitrogens with zero attached hydrogens (tertiary/aromatic N) is 3. The van der Waals surface area contributed by atoms with Crippen LogP contribution >= 0.6 is 11.3 Å². The Kier molecular flexibility index (Phi) is 6.63. The van der Waals surface area contributed by atoms with E-state index in [0.717, 1.165) is 38.1 Å². The lowest BCUT2D eigenvalue weighted by Crippen LogP contribution is -2.48. The summed E-state index contributed by atoms with van der Waals surface area (Å²) in [6, 6.07) is 5.24. The van der Waals surface area contributed by atoms with Crippen LogP contribution in [0.3, 0.4) is 0 Å². The van der Waals surface area contributed by atoms with Crippen molar-refractivity contribution in [3.63, 3.8) is 0 Å². The van der Waals surface area contributed by atoms with E-state index in [1.807, 2.05) is 4.90 Å². The van der Waals surface area contributed by atoms with Crippen molar-refractivity contribution >= 4 is 17.2 Å². The topological polar surface area (TPSA) is 36.4 Å². The Morgan fingerprint density at radius 2 is 2.00 bits per heavy atom. The van der Waals surface area contributed by atoms with Gasteiger partial charge in [0.05, 0.1) is 5.56 Å². The fourth-order valence-electron chi connectivity index (χ4n) is 3.58. The van der Waals surface area contributed by atoms with Gasteiger partial charge in [-0.3, -0.25) is 4.79 Å². The molecule has 1 aromatic carbocycles. The highest BCUT2D eigenvalue weighted by molar-refractivity contribution is 7.13. The quantitative estimate of drug-likeness (QED) is 0.675. The van der Waals surface area contributed by atoms with Gasteiger partial charge in [-0.15, -0.1) is 11.3 Å². The third kappa shape index (κ3) is 5.36. The summed E-state index contributed by atoms with van der Waals surface area (Å²) < 4.78 is 39.0. The highest BCUT2D eigenvalue weighted by atomic mass is 32.1. The van der Waals surface area contributed by atoms with Crippen molar-refractivity contribution in [3.8, 4) is 10.6 Å². The lowest BCUT2D eigenvalue weighted by molar-refractivity contribution is -0.137. The fraction of sp³-hybridized carbons (Fsp3) is 0.524. The van der Waals surface area contributed by atoms with Crippen molar-refractivity contribution in [2.75, 3.05) is 26.7 Å². The molecule has 1 saturated heterocycles. The summed E-state index contributed by atoms with van der Waals surface area (Å²) in [7, 11) is 2.08. The Morgan fingerprint density at radius 1 is 1.31 bits per heavy atom. The van der Waals surface area contributed by atoms with Gasteiger partial charge in [0.25, 0.3) is 5.91 Å². The Labute approximate surface area is 173 Å². The molecule has 158 valence electrons. The average molecular weight is 426 g/mol. The van der Waals surface area contributed by atoms with E-state index in [2.05, 4.69) is 30.8 Å². The molecule has 0 bridgehead atoms. The molecule has 0 saturated carbocycles. The minimum atomic E-state index is -4.41. The maximum atomic E-state index is 13.2. The highest BCUT2D eigenvalue weighted by Gasteiger charge is 2.31. The summed E-state index contributed by atoms with van der Waals surface area (Å²) in [6.07, 6.45) is -2.58. The number of rotatable bonds is 5. The number of likely N-dealkylation sites (tertiary alicyclic amines) is 1. The number of halogens is 3.